The van der Waals surface area contributed by atoms with Gasteiger partial charge in [-0.3, -0.25) is 4.84 Å². The number of ether oxygens (including phenoxy) is 1. The molecule has 0 bridgehead atoms. The van der Waals surface area contributed by atoms with E-state index in [0.29, 0.717) is 18.8 Å². The van der Waals surface area contributed by atoms with Crippen LogP contribution in [0.3, 0.4) is 0 Å². The lowest BCUT2D eigenvalue weighted by atomic mass is 10.2. The maximum absolute atomic E-state index is 11.2. The molecule has 1 rings (SSSR count). The number of carbonyl (C=O) groups is 1. The van der Waals surface area contributed by atoms with E-state index in [-0.39, 0.29) is 6.54 Å². The second kappa shape index (κ2) is 7.60. The van der Waals surface area contributed by atoms with Crippen LogP contribution < -0.4 is 5.48 Å². The van der Waals surface area contributed by atoms with Crippen LogP contribution in [0.5, 0.6) is 0 Å². The fourth-order valence-corrected chi connectivity index (χ4v) is 1.15. The lowest BCUT2D eigenvalue weighted by Crippen LogP contribution is -2.22. The van der Waals surface area contributed by atoms with Gasteiger partial charge in [-0.25, -0.2) is 4.79 Å². The molecule has 0 atom stereocenters. The van der Waals surface area contributed by atoms with Crippen molar-refractivity contribution in [3.63, 3.8) is 0 Å². The van der Waals surface area contributed by atoms with Gasteiger partial charge < -0.3 is 4.74 Å². The summed E-state index contributed by atoms with van der Waals surface area (Å²) in [6, 6.07) is 9.75. The van der Waals surface area contributed by atoms with Gasteiger partial charge in [0.25, 0.3) is 0 Å². The van der Waals surface area contributed by atoms with Crippen LogP contribution in [0.15, 0.2) is 42.5 Å². The summed E-state index contributed by atoms with van der Waals surface area (Å²) >= 11 is 0. The summed E-state index contributed by atoms with van der Waals surface area (Å²) in [6.07, 6.45) is 0. The van der Waals surface area contributed by atoms with Gasteiger partial charge in [0, 0.05) is 5.57 Å². The van der Waals surface area contributed by atoms with Gasteiger partial charge in [0.2, 0.25) is 0 Å². The third kappa shape index (κ3) is 5.29. The Kier molecular flexibility index (Phi) is 5.99. The Morgan fingerprint density at radius 3 is 2.71 bits per heavy atom. The number of hydrogen-bond donors (Lipinski definition) is 1. The fourth-order valence-electron chi connectivity index (χ4n) is 1.15. The monoisotopic (exact) mass is 235 g/mol. The zero-order valence-corrected chi connectivity index (χ0v) is 9.94. The molecule has 0 aromatic heterocycles. The predicted octanol–water partition coefficient (Wildman–Crippen LogP) is 1.83. The molecule has 17 heavy (non-hydrogen) atoms. The molecule has 0 unspecified atom stereocenters. The molecular formula is C13H17NO3. The quantitative estimate of drug-likeness (QED) is 0.339. The lowest BCUT2D eigenvalue weighted by molar-refractivity contribution is -0.138. The van der Waals surface area contributed by atoms with Crippen LogP contribution in [-0.4, -0.2) is 19.1 Å². The molecule has 0 aliphatic heterocycles. The Morgan fingerprint density at radius 2 is 2.06 bits per heavy atom. The lowest BCUT2D eigenvalue weighted by Gasteiger charge is -2.07. The third-order valence-electron chi connectivity index (χ3n) is 2.03. The van der Waals surface area contributed by atoms with E-state index in [4.69, 9.17) is 9.57 Å². The second-order valence-corrected chi connectivity index (χ2v) is 3.42. The second-order valence-electron chi connectivity index (χ2n) is 3.42. The van der Waals surface area contributed by atoms with Gasteiger partial charge in [-0.1, -0.05) is 36.9 Å². The SMILES string of the molecule is C=C(CNOCc1ccccc1)C(=O)OCC. The first-order valence-corrected chi connectivity index (χ1v) is 5.47. The predicted molar refractivity (Wildman–Crippen MR) is 65.0 cm³/mol. The molecule has 0 saturated carbocycles. The van der Waals surface area contributed by atoms with Crippen molar-refractivity contribution in [3.8, 4) is 0 Å². The Morgan fingerprint density at radius 1 is 1.35 bits per heavy atom. The smallest absolute Gasteiger partial charge is 0.334 e. The number of rotatable bonds is 7. The summed E-state index contributed by atoms with van der Waals surface area (Å²) in [5.41, 5.74) is 4.08. The number of nitrogens with one attached hydrogen (secondary N) is 1. The topological polar surface area (TPSA) is 47.6 Å². The number of benzene rings is 1. The highest BCUT2D eigenvalue weighted by atomic mass is 16.6. The maximum Gasteiger partial charge on any atom is 0.334 e. The summed E-state index contributed by atoms with van der Waals surface area (Å²) in [4.78, 5) is 16.4. The number of hydroxylamine groups is 1. The normalized spacial score (nSPS) is 9.94. The van der Waals surface area contributed by atoms with E-state index in [0.717, 1.165) is 5.56 Å². The molecule has 0 heterocycles. The number of hydrogen-bond acceptors (Lipinski definition) is 4. The van der Waals surface area contributed by atoms with Gasteiger partial charge in [-0.2, -0.15) is 5.48 Å². The Bertz CT molecular complexity index is 362. The highest BCUT2D eigenvalue weighted by molar-refractivity contribution is 5.88. The van der Waals surface area contributed by atoms with Crippen molar-refractivity contribution in [3.05, 3.63) is 48.0 Å². The van der Waals surface area contributed by atoms with Crippen molar-refractivity contribution in [2.24, 2.45) is 0 Å². The van der Waals surface area contributed by atoms with E-state index >= 15 is 0 Å². The summed E-state index contributed by atoms with van der Waals surface area (Å²) in [5.74, 6) is -0.400. The Balaban J connectivity index is 2.16. The molecule has 92 valence electrons. The minimum absolute atomic E-state index is 0.256. The first-order chi connectivity index (χ1) is 8.24. The van der Waals surface area contributed by atoms with Crippen LogP contribution in [0, 0.1) is 0 Å². The average Bonchev–Trinajstić information content (AvgIpc) is 2.36. The van der Waals surface area contributed by atoms with E-state index in [9.17, 15) is 4.79 Å². The molecule has 4 heteroatoms. The summed E-state index contributed by atoms with van der Waals surface area (Å²) in [5, 5.41) is 0. The van der Waals surface area contributed by atoms with Gasteiger partial charge in [0.1, 0.15) is 0 Å². The summed E-state index contributed by atoms with van der Waals surface area (Å²) < 4.78 is 4.78. The van der Waals surface area contributed by atoms with E-state index in [1.165, 1.54) is 0 Å². The Hall–Kier alpha value is -1.65. The standard InChI is InChI=1S/C13H17NO3/c1-3-16-13(15)11(2)9-14-17-10-12-7-5-4-6-8-12/h4-8,14H,2-3,9-10H2,1H3. The van der Waals surface area contributed by atoms with Gasteiger partial charge in [-0.05, 0) is 12.5 Å². The molecule has 1 N–H and O–H groups in total. The number of esters is 1. The summed E-state index contributed by atoms with van der Waals surface area (Å²) in [7, 11) is 0. The zero-order chi connectivity index (χ0) is 12.5. The van der Waals surface area contributed by atoms with Crippen molar-refractivity contribution < 1.29 is 14.4 Å². The minimum Gasteiger partial charge on any atom is -0.463 e. The zero-order valence-electron chi connectivity index (χ0n) is 9.94. The largest absolute Gasteiger partial charge is 0.463 e. The van der Waals surface area contributed by atoms with E-state index in [1.807, 2.05) is 30.3 Å². The van der Waals surface area contributed by atoms with Crippen LogP contribution in [0.1, 0.15) is 12.5 Å². The molecule has 1 aromatic carbocycles. The highest BCUT2D eigenvalue weighted by Crippen LogP contribution is 1.99. The molecule has 0 radical (unpaired) electrons. The van der Waals surface area contributed by atoms with Crippen molar-refractivity contribution in [2.45, 2.75) is 13.5 Å². The molecule has 0 saturated heterocycles. The van der Waals surface area contributed by atoms with Crippen molar-refractivity contribution in [1.82, 2.24) is 5.48 Å². The van der Waals surface area contributed by atoms with Crippen LogP contribution in [-0.2, 0) is 21.0 Å². The molecular weight excluding hydrogens is 218 g/mol. The molecule has 0 aliphatic rings. The molecule has 0 spiro atoms. The van der Waals surface area contributed by atoms with Crippen LogP contribution in [0.25, 0.3) is 0 Å². The van der Waals surface area contributed by atoms with Gasteiger partial charge >= 0.3 is 5.97 Å². The van der Waals surface area contributed by atoms with Crippen LogP contribution >= 0.6 is 0 Å². The van der Waals surface area contributed by atoms with Gasteiger partial charge in [0.05, 0.1) is 19.8 Å². The van der Waals surface area contributed by atoms with Crippen molar-refractivity contribution in [2.75, 3.05) is 13.2 Å². The minimum atomic E-state index is -0.400. The Labute approximate surface area is 101 Å². The average molecular weight is 235 g/mol. The summed E-state index contributed by atoms with van der Waals surface area (Å²) in [6.45, 7) is 6.40. The van der Waals surface area contributed by atoms with Gasteiger partial charge in [0.15, 0.2) is 0 Å². The third-order valence-corrected chi connectivity index (χ3v) is 2.03. The fraction of sp³-hybridized carbons (Fsp3) is 0.308. The molecule has 0 amide bonds. The highest BCUT2D eigenvalue weighted by Gasteiger charge is 2.06. The molecule has 1 aromatic rings. The first-order valence-electron chi connectivity index (χ1n) is 5.47. The van der Waals surface area contributed by atoms with Crippen LogP contribution in [0.4, 0.5) is 0 Å². The molecule has 4 nitrogen and oxygen atoms in total. The van der Waals surface area contributed by atoms with E-state index in [1.54, 1.807) is 6.92 Å². The first kappa shape index (κ1) is 13.4. The maximum atomic E-state index is 11.2. The van der Waals surface area contributed by atoms with Crippen molar-refractivity contribution >= 4 is 5.97 Å². The van der Waals surface area contributed by atoms with E-state index in [2.05, 4.69) is 12.1 Å². The van der Waals surface area contributed by atoms with Crippen LogP contribution in [0.2, 0.25) is 0 Å². The van der Waals surface area contributed by atoms with Gasteiger partial charge in [-0.15, -0.1) is 0 Å². The number of carbonyl (C=O) groups excluding carboxylic acids is 1. The van der Waals surface area contributed by atoms with Crippen molar-refractivity contribution in [1.29, 1.82) is 0 Å². The molecule has 0 aliphatic carbocycles. The van der Waals surface area contributed by atoms with E-state index < -0.39 is 5.97 Å². The molecule has 0 fully saturated rings.